The topological polar surface area (TPSA) is 79.8 Å². The molecule has 2 aromatic rings. The number of aromatic amines is 1. The highest BCUT2D eigenvalue weighted by atomic mass is 19.4. The molecule has 0 aliphatic heterocycles. The van der Waals surface area contributed by atoms with Crippen LogP contribution in [0.4, 0.5) is 18.9 Å². The van der Waals surface area contributed by atoms with E-state index in [9.17, 15) is 22.8 Å². The van der Waals surface area contributed by atoms with Crippen LogP contribution in [0.1, 0.15) is 12.0 Å². The maximum Gasteiger partial charge on any atom is 0.417 e. The van der Waals surface area contributed by atoms with E-state index in [4.69, 9.17) is 0 Å². The van der Waals surface area contributed by atoms with Crippen LogP contribution in [0.25, 0.3) is 0 Å². The van der Waals surface area contributed by atoms with Gasteiger partial charge in [0.25, 0.3) is 5.56 Å². The number of carbonyl (C=O) groups is 1. The average molecular weight is 300 g/mol. The Labute approximate surface area is 116 Å². The van der Waals surface area contributed by atoms with Gasteiger partial charge in [0.1, 0.15) is 5.69 Å². The summed E-state index contributed by atoms with van der Waals surface area (Å²) in [5.41, 5.74) is -2.27. The maximum absolute atomic E-state index is 12.5. The molecule has 0 fully saturated rings. The van der Waals surface area contributed by atoms with E-state index in [1.54, 1.807) is 12.3 Å². The zero-order valence-electron chi connectivity index (χ0n) is 10.6. The van der Waals surface area contributed by atoms with Gasteiger partial charge in [0.2, 0.25) is 5.91 Å². The van der Waals surface area contributed by atoms with E-state index in [0.29, 0.717) is 12.3 Å². The fraction of sp³-hybridized carbons (Fsp3) is 0.250. The van der Waals surface area contributed by atoms with E-state index in [1.165, 1.54) is 10.9 Å². The molecule has 6 nitrogen and oxygen atoms in total. The van der Waals surface area contributed by atoms with Crippen LogP contribution < -0.4 is 10.9 Å². The summed E-state index contributed by atoms with van der Waals surface area (Å²) in [4.78, 5) is 25.0. The van der Waals surface area contributed by atoms with E-state index in [2.05, 4.69) is 10.4 Å². The second kappa shape index (κ2) is 5.81. The monoisotopic (exact) mass is 300 g/mol. The van der Waals surface area contributed by atoms with Crippen molar-refractivity contribution in [2.75, 3.05) is 5.32 Å². The summed E-state index contributed by atoms with van der Waals surface area (Å²) in [7, 11) is 0. The SMILES string of the molecule is O=C(CCn1cccn1)Nc1cc(C(F)(F)F)c[nH]c1=O. The Hall–Kier alpha value is -2.58. The third-order valence-corrected chi connectivity index (χ3v) is 2.63. The van der Waals surface area contributed by atoms with Gasteiger partial charge in [-0.2, -0.15) is 18.3 Å². The number of aromatic nitrogens is 3. The number of aryl methyl sites for hydroxylation is 1. The molecule has 0 radical (unpaired) electrons. The molecule has 0 saturated carbocycles. The molecule has 0 saturated heterocycles. The number of pyridine rings is 1. The van der Waals surface area contributed by atoms with Crippen LogP contribution in [0.5, 0.6) is 0 Å². The van der Waals surface area contributed by atoms with Crippen LogP contribution in [0.2, 0.25) is 0 Å². The van der Waals surface area contributed by atoms with E-state index in [1.807, 2.05) is 4.98 Å². The van der Waals surface area contributed by atoms with Crippen LogP contribution in [0, 0.1) is 0 Å². The Bertz CT molecular complexity index is 677. The summed E-state index contributed by atoms with van der Waals surface area (Å²) in [5.74, 6) is -0.574. The predicted octanol–water partition coefficient (Wildman–Crippen LogP) is 1.62. The number of carbonyl (C=O) groups excluding carboxylic acids is 1. The van der Waals surface area contributed by atoms with Gasteiger partial charge in [-0.3, -0.25) is 14.3 Å². The number of H-pyrrole nitrogens is 1. The molecular weight excluding hydrogens is 289 g/mol. The van der Waals surface area contributed by atoms with Gasteiger partial charge in [0.15, 0.2) is 0 Å². The molecule has 2 N–H and O–H groups in total. The number of amides is 1. The number of rotatable bonds is 4. The quantitative estimate of drug-likeness (QED) is 0.900. The molecule has 2 rings (SSSR count). The lowest BCUT2D eigenvalue weighted by atomic mass is 10.2. The minimum Gasteiger partial charge on any atom is -0.327 e. The minimum atomic E-state index is -4.60. The molecule has 0 bridgehead atoms. The Balaban J connectivity index is 2.04. The number of hydrogen-bond donors (Lipinski definition) is 2. The van der Waals surface area contributed by atoms with Crippen molar-refractivity contribution in [1.29, 1.82) is 0 Å². The number of alkyl halides is 3. The molecule has 21 heavy (non-hydrogen) atoms. The van der Waals surface area contributed by atoms with Crippen LogP contribution >= 0.6 is 0 Å². The molecule has 0 aliphatic carbocycles. The van der Waals surface area contributed by atoms with Gasteiger partial charge in [-0.05, 0) is 12.1 Å². The Morgan fingerprint density at radius 2 is 2.19 bits per heavy atom. The van der Waals surface area contributed by atoms with Crippen molar-refractivity contribution in [2.45, 2.75) is 19.1 Å². The van der Waals surface area contributed by atoms with Gasteiger partial charge in [0, 0.05) is 31.6 Å². The second-order valence-corrected chi connectivity index (χ2v) is 4.20. The van der Waals surface area contributed by atoms with Crippen molar-refractivity contribution in [2.24, 2.45) is 0 Å². The van der Waals surface area contributed by atoms with E-state index in [0.717, 1.165) is 0 Å². The molecule has 2 heterocycles. The summed E-state index contributed by atoms with van der Waals surface area (Å²) in [6.07, 6.45) is -0.877. The normalized spacial score (nSPS) is 11.4. The van der Waals surface area contributed by atoms with E-state index in [-0.39, 0.29) is 13.0 Å². The predicted molar refractivity (Wildman–Crippen MR) is 67.5 cm³/mol. The highest BCUT2D eigenvalue weighted by molar-refractivity contribution is 5.90. The Kier molecular flexibility index (Phi) is 4.10. The largest absolute Gasteiger partial charge is 0.417 e. The number of nitrogens with one attached hydrogen (secondary N) is 2. The maximum atomic E-state index is 12.5. The van der Waals surface area contributed by atoms with E-state index < -0.39 is 28.9 Å². The molecule has 0 unspecified atom stereocenters. The highest BCUT2D eigenvalue weighted by Crippen LogP contribution is 2.29. The van der Waals surface area contributed by atoms with Gasteiger partial charge >= 0.3 is 6.18 Å². The Morgan fingerprint density at radius 3 is 2.81 bits per heavy atom. The molecule has 0 atom stereocenters. The van der Waals surface area contributed by atoms with Gasteiger partial charge < -0.3 is 10.3 Å². The first-order valence-electron chi connectivity index (χ1n) is 5.93. The van der Waals surface area contributed by atoms with Gasteiger partial charge in [-0.25, -0.2) is 0 Å². The van der Waals surface area contributed by atoms with Crippen molar-refractivity contribution in [3.8, 4) is 0 Å². The summed E-state index contributed by atoms with van der Waals surface area (Å²) in [6.45, 7) is 0.260. The lowest BCUT2D eigenvalue weighted by Crippen LogP contribution is -2.22. The molecule has 1 amide bonds. The first kappa shape index (κ1) is 14.8. The second-order valence-electron chi connectivity index (χ2n) is 4.20. The van der Waals surface area contributed by atoms with Crippen LogP contribution in [0.3, 0.4) is 0 Å². The van der Waals surface area contributed by atoms with Gasteiger partial charge in [0.05, 0.1) is 5.56 Å². The fourth-order valence-corrected chi connectivity index (χ4v) is 1.60. The lowest BCUT2D eigenvalue weighted by Gasteiger charge is -2.09. The zero-order valence-corrected chi connectivity index (χ0v) is 10.6. The molecular formula is C12H11F3N4O2. The summed E-state index contributed by atoms with van der Waals surface area (Å²) in [6, 6.07) is 2.28. The number of anilines is 1. The highest BCUT2D eigenvalue weighted by Gasteiger charge is 2.31. The van der Waals surface area contributed by atoms with Crippen molar-refractivity contribution in [1.82, 2.24) is 14.8 Å². The van der Waals surface area contributed by atoms with Gasteiger partial charge in [-0.15, -0.1) is 0 Å². The number of hydrogen-bond acceptors (Lipinski definition) is 3. The summed E-state index contributed by atoms with van der Waals surface area (Å²) in [5, 5.41) is 6.04. The molecule has 0 aliphatic rings. The lowest BCUT2D eigenvalue weighted by molar-refractivity contribution is -0.137. The smallest absolute Gasteiger partial charge is 0.327 e. The standard InChI is InChI=1S/C12H11F3N4O2/c13-12(14,15)8-6-9(11(21)16-7-8)18-10(20)2-5-19-4-1-3-17-19/h1,3-4,6-7H,2,5H2,(H,16,21)(H,18,20). The van der Waals surface area contributed by atoms with E-state index >= 15 is 0 Å². The van der Waals surface area contributed by atoms with Crippen molar-refractivity contribution in [3.05, 3.63) is 46.6 Å². The first-order chi connectivity index (χ1) is 9.86. The van der Waals surface area contributed by atoms with Crippen LogP contribution in [-0.4, -0.2) is 20.7 Å². The molecule has 0 aromatic carbocycles. The summed E-state index contributed by atoms with van der Waals surface area (Å²) < 4.78 is 39.1. The van der Waals surface area contributed by atoms with Crippen molar-refractivity contribution < 1.29 is 18.0 Å². The zero-order chi connectivity index (χ0) is 15.5. The Morgan fingerprint density at radius 1 is 1.43 bits per heavy atom. The molecule has 112 valence electrons. The van der Waals surface area contributed by atoms with Crippen molar-refractivity contribution >= 4 is 11.6 Å². The minimum absolute atomic E-state index is 0.0165. The molecule has 0 spiro atoms. The summed E-state index contributed by atoms with van der Waals surface area (Å²) >= 11 is 0. The first-order valence-corrected chi connectivity index (χ1v) is 5.93. The molecule has 2 aromatic heterocycles. The van der Waals surface area contributed by atoms with Gasteiger partial charge in [-0.1, -0.05) is 0 Å². The average Bonchev–Trinajstić information content (AvgIpc) is 2.91. The number of halogens is 3. The number of nitrogens with zero attached hydrogens (tertiary/aromatic N) is 2. The third-order valence-electron chi connectivity index (χ3n) is 2.63. The fourth-order valence-electron chi connectivity index (χ4n) is 1.60. The van der Waals surface area contributed by atoms with Crippen molar-refractivity contribution in [3.63, 3.8) is 0 Å². The van der Waals surface area contributed by atoms with Crippen LogP contribution in [-0.2, 0) is 17.5 Å². The molecule has 9 heteroatoms. The third kappa shape index (κ3) is 3.94. The van der Waals surface area contributed by atoms with Crippen LogP contribution in [0.15, 0.2) is 35.5 Å².